The van der Waals surface area contributed by atoms with Crippen LogP contribution >= 0.6 is 0 Å². The molecule has 1 aromatic rings. The fourth-order valence-electron chi connectivity index (χ4n) is 1.01. The average molecular weight is 164 g/mol. The van der Waals surface area contributed by atoms with Crippen LogP contribution < -0.4 is 0 Å². The molecular formula is C9H12N2O. The van der Waals surface area contributed by atoms with E-state index in [1.165, 1.54) is 0 Å². The van der Waals surface area contributed by atoms with Gasteiger partial charge in [0.25, 0.3) is 0 Å². The van der Waals surface area contributed by atoms with Crippen LogP contribution in [-0.2, 0) is 11.8 Å². The highest BCUT2D eigenvalue weighted by atomic mass is 16.1. The van der Waals surface area contributed by atoms with Gasteiger partial charge in [0, 0.05) is 18.8 Å². The van der Waals surface area contributed by atoms with Crippen LogP contribution in [-0.4, -0.2) is 15.6 Å². The maximum atomic E-state index is 10.7. The summed E-state index contributed by atoms with van der Waals surface area (Å²) in [5, 5.41) is 4.01. The van der Waals surface area contributed by atoms with Crippen LogP contribution in [0.5, 0.6) is 0 Å². The number of rotatable bonds is 2. The zero-order chi connectivity index (χ0) is 9.14. The van der Waals surface area contributed by atoms with Gasteiger partial charge in [-0.05, 0) is 25.5 Å². The van der Waals surface area contributed by atoms with Gasteiger partial charge in [-0.15, -0.1) is 0 Å². The molecule has 1 aromatic heterocycles. The van der Waals surface area contributed by atoms with Gasteiger partial charge < -0.3 is 0 Å². The Bertz CT molecular complexity index is 323. The van der Waals surface area contributed by atoms with Crippen molar-refractivity contribution in [2.75, 3.05) is 0 Å². The third-order valence-corrected chi connectivity index (χ3v) is 1.58. The first kappa shape index (κ1) is 8.71. The number of aryl methyl sites for hydroxylation is 1. The van der Waals surface area contributed by atoms with E-state index in [4.69, 9.17) is 0 Å². The van der Waals surface area contributed by atoms with E-state index in [0.29, 0.717) is 0 Å². The fourth-order valence-corrected chi connectivity index (χ4v) is 1.01. The van der Waals surface area contributed by atoms with Crippen LogP contribution in [0.1, 0.15) is 19.4 Å². The molecule has 0 aromatic carbocycles. The van der Waals surface area contributed by atoms with Crippen molar-refractivity contribution in [3.05, 3.63) is 24.0 Å². The Hall–Kier alpha value is -1.38. The molecule has 3 nitrogen and oxygen atoms in total. The number of allylic oxidation sites excluding steroid dienone is 2. The van der Waals surface area contributed by atoms with Crippen molar-refractivity contribution in [3.8, 4) is 0 Å². The van der Waals surface area contributed by atoms with Gasteiger partial charge in [-0.3, -0.25) is 9.48 Å². The van der Waals surface area contributed by atoms with Crippen molar-refractivity contribution in [1.82, 2.24) is 9.78 Å². The van der Waals surface area contributed by atoms with Gasteiger partial charge in [0.2, 0.25) is 0 Å². The zero-order valence-electron chi connectivity index (χ0n) is 7.53. The van der Waals surface area contributed by atoms with E-state index in [-0.39, 0.29) is 5.78 Å². The number of ketones is 1. The number of carbonyl (C=O) groups is 1. The lowest BCUT2D eigenvalue weighted by Crippen LogP contribution is -1.86. The highest BCUT2D eigenvalue weighted by Crippen LogP contribution is 2.11. The number of carbonyl (C=O) groups excluding carboxylic acids is 1. The lowest BCUT2D eigenvalue weighted by atomic mass is 10.1. The molecule has 0 radical (unpaired) electrons. The van der Waals surface area contributed by atoms with Gasteiger partial charge in [0.15, 0.2) is 5.78 Å². The molecule has 0 unspecified atom stereocenters. The first-order valence-corrected chi connectivity index (χ1v) is 3.77. The standard InChI is InChI=1S/C9H12N2O/c1-7(4-8(2)12)9-5-10-11(3)6-9/h4-6H,1-3H3/b7-4-. The number of aromatic nitrogens is 2. The summed E-state index contributed by atoms with van der Waals surface area (Å²) >= 11 is 0. The molecule has 0 aliphatic heterocycles. The summed E-state index contributed by atoms with van der Waals surface area (Å²) in [6, 6.07) is 0. The Kier molecular flexibility index (Phi) is 2.43. The normalized spacial score (nSPS) is 11.8. The molecule has 0 aliphatic carbocycles. The Morgan fingerprint density at radius 2 is 2.25 bits per heavy atom. The average Bonchev–Trinajstić information content (AvgIpc) is 2.34. The van der Waals surface area contributed by atoms with Crippen molar-refractivity contribution < 1.29 is 4.79 Å². The molecule has 0 atom stereocenters. The molecule has 0 amide bonds. The molecule has 0 N–H and O–H groups in total. The van der Waals surface area contributed by atoms with E-state index >= 15 is 0 Å². The van der Waals surface area contributed by atoms with Crippen molar-refractivity contribution in [1.29, 1.82) is 0 Å². The van der Waals surface area contributed by atoms with Crippen molar-refractivity contribution in [3.63, 3.8) is 0 Å². The number of nitrogens with zero attached hydrogens (tertiary/aromatic N) is 2. The molecule has 3 heteroatoms. The fraction of sp³-hybridized carbons (Fsp3) is 0.333. The minimum atomic E-state index is 0.0661. The molecule has 0 saturated carbocycles. The smallest absolute Gasteiger partial charge is 0.152 e. The molecule has 0 aliphatic rings. The van der Waals surface area contributed by atoms with E-state index in [1.807, 2.05) is 20.2 Å². The van der Waals surface area contributed by atoms with Crippen LogP contribution in [0.4, 0.5) is 0 Å². The van der Waals surface area contributed by atoms with Crippen LogP contribution in [0.2, 0.25) is 0 Å². The monoisotopic (exact) mass is 164 g/mol. The van der Waals surface area contributed by atoms with Gasteiger partial charge in [-0.25, -0.2) is 0 Å². The zero-order valence-corrected chi connectivity index (χ0v) is 7.53. The van der Waals surface area contributed by atoms with Gasteiger partial charge in [-0.1, -0.05) is 0 Å². The second-order valence-electron chi connectivity index (χ2n) is 2.84. The Morgan fingerprint density at radius 1 is 1.58 bits per heavy atom. The molecule has 0 bridgehead atoms. The summed E-state index contributed by atoms with van der Waals surface area (Å²) in [4.78, 5) is 10.7. The molecule has 0 spiro atoms. The quantitative estimate of drug-likeness (QED) is 0.619. The van der Waals surface area contributed by atoms with Crippen LogP contribution in [0.25, 0.3) is 5.57 Å². The van der Waals surface area contributed by atoms with E-state index in [9.17, 15) is 4.79 Å². The summed E-state index contributed by atoms with van der Waals surface area (Å²) in [5.41, 5.74) is 1.95. The Morgan fingerprint density at radius 3 is 2.67 bits per heavy atom. The van der Waals surface area contributed by atoms with Crippen LogP contribution in [0.3, 0.4) is 0 Å². The van der Waals surface area contributed by atoms with Crippen molar-refractivity contribution in [2.24, 2.45) is 7.05 Å². The van der Waals surface area contributed by atoms with Crippen LogP contribution in [0.15, 0.2) is 18.5 Å². The van der Waals surface area contributed by atoms with E-state index in [1.54, 1.807) is 23.9 Å². The van der Waals surface area contributed by atoms with Gasteiger partial charge in [-0.2, -0.15) is 5.10 Å². The SMILES string of the molecule is CC(=O)/C=C(/C)c1cnn(C)c1. The van der Waals surface area contributed by atoms with Crippen LogP contribution in [0, 0.1) is 0 Å². The highest BCUT2D eigenvalue weighted by Gasteiger charge is 1.98. The number of hydrogen-bond acceptors (Lipinski definition) is 2. The molecular weight excluding hydrogens is 152 g/mol. The summed E-state index contributed by atoms with van der Waals surface area (Å²) in [6.07, 6.45) is 5.24. The second kappa shape index (κ2) is 3.34. The Balaban J connectivity index is 2.91. The van der Waals surface area contributed by atoms with E-state index in [0.717, 1.165) is 11.1 Å². The van der Waals surface area contributed by atoms with Gasteiger partial charge in [0.05, 0.1) is 6.20 Å². The largest absolute Gasteiger partial charge is 0.295 e. The minimum Gasteiger partial charge on any atom is -0.295 e. The molecule has 1 heterocycles. The first-order chi connectivity index (χ1) is 5.59. The minimum absolute atomic E-state index is 0.0661. The van der Waals surface area contributed by atoms with E-state index < -0.39 is 0 Å². The predicted octanol–water partition coefficient (Wildman–Crippen LogP) is 1.41. The second-order valence-corrected chi connectivity index (χ2v) is 2.84. The molecule has 0 saturated heterocycles. The molecule has 64 valence electrons. The van der Waals surface area contributed by atoms with Gasteiger partial charge in [0.1, 0.15) is 0 Å². The van der Waals surface area contributed by atoms with Crippen molar-refractivity contribution >= 4 is 11.4 Å². The topological polar surface area (TPSA) is 34.9 Å². The third kappa shape index (κ3) is 2.05. The summed E-state index contributed by atoms with van der Waals surface area (Å²) in [7, 11) is 1.85. The maximum Gasteiger partial charge on any atom is 0.152 e. The van der Waals surface area contributed by atoms with Crippen molar-refractivity contribution in [2.45, 2.75) is 13.8 Å². The molecule has 0 fully saturated rings. The first-order valence-electron chi connectivity index (χ1n) is 3.77. The van der Waals surface area contributed by atoms with Gasteiger partial charge >= 0.3 is 0 Å². The maximum absolute atomic E-state index is 10.7. The Labute approximate surface area is 71.7 Å². The predicted molar refractivity (Wildman–Crippen MR) is 47.5 cm³/mol. The number of hydrogen-bond donors (Lipinski definition) is 0. The summed E-state index contributed by atoms with van der Waals surface area (Å²) in [5.74, 6) is 0.0661. The summed E-state index contributed by atoms with van der Waals surface area (Å²) < 4.78 is 1.72. The lowest BCUT2D eigenvalue weighted by molar-refractivity contribution is -0.112. The highest BCUT2D eigenvalue weighted by molar-refractivity contribution is 5.94. The molecule has 12 heavy (non-hydrogen) atoms. The summed E-state index contributed by atoms with van der Waals surface area (Å²) in [6.45, 7) is 3.44. The third-order valence-electron chi connectivity index (χ3n) is 1.58. The van der Waals surface area contributed by atoms with E-state index in [2.05, 4.69) is 5.10 Å². The molecule has 1 rings (SSSR count). The lowest BCUT2D eigenvalue weighted by Gasteiger charge is -1.92.